The van der Waals surface area contributed by atoms with E-state index in [1.54, 1.807) is 0 Å². The molecule has 6 nitrogen and oxygen atoms in total. The van der Waals surface area contributed by atoms with Gasteiger partial charge in [-0.3, -0.25) is 14.4 Å². The predicted octanol–water partition coefficient (Wildman–Crippen LogP) is 18.4. The lowest BCUT2D eigenvalue weighted by atomic mass is 10.0. The second-order valence-corrected chi connectivity index (χ2v) is 18.1. The lowest BCUT2D eigenvalue weighted by molar-refractivity contribution is -0.166. The van der Waals surface area contributed by atoms with Gasteiger partial charge in [0.25, 0.3) is 0 Å². The molecule has 0 amide bonds. The van der Waals surface area contributed by atoms with Gasteiger partial charge in [0.15, 0.2) is 6.10 Å². The van der Waals surface area contributed by atoms with Crippen LogP contribution in [-0.4, -0.2) is 37.2 Å². The molecule has 378 valence electrons. The van der Waals surface area contributed by atoms with E-state index in [-0.39, 0.29) is 37.5 Å². The monoisotopic (exact) mass is 919 g/mol. The van der Waals surface area contributed by atoms with Crippen molar-refractivity contribution < 1.29 is 28.6 Å². The molecule has 0 aromatic carbocycles. The van der Waals surface area contributed by atoms with Gasteiger partial charge < -0.3 is 14.2 Å². The first kappa shape index (κ1) is 62.6. The van der Waals surface area contributed by atoms with Crippen LogP contribution in [-0.2, 0) is 28.6 Å². The van der Waals surface area contributed by atoms with Crippen LogP contribution >= 0.6 is 0 Å². The van der Waals surface area contributed by atoms with Crippen LogP contribution < -0.4 is 0 Å². The van der Waals surface area contributed by atoms with Crippen LogP contribution in [0.25, 0.3) is 0 Å². The fourth-order valence-corrected chi connectivity index (χ4v) is 7.52. The predicted molar refractivity (Wildman–Crippen MR) is 284 cm³/mol. The summed E-state index contributed by atoms with van der Waals surface area (Å²) in [6, 6.07) is 0. The molecule has 0 aliphatic carbocycles. The summed E-state index contributed by atoms with van der Waals surface area (Å²) >= 11 is 0. The quantitative estimate of drug-likeness (QED) is 0.0262. The number of ether oxygens (including phenoxy) is 3. The van der Waals surface area contributed by atoms with Crippen molar-refractivity contribution in [3.63, 3.8) is 0 Å². The molecule has 0 radical (unpaired) electrons. The van der Waals surface area contributed by atoms with Crippen LogP contribution in [0.5, 0.6) is 0 Å². The molecule has 0 aromatic rings. The van der Waals surface area contributed by atoms with E-state index in [0.29, 0.717) is 19.3 Å². The van der Waals surface area contributed by atoms with Crippen molar-refractivity contribution in [2.24, 2.45) is 0 Å². The third-order valence-electron chi connectivity index (χ3n) is 11.6. The molecule has 0 N–H and O–H groups in total. The largest absolute Gasteiger partial charge is 0.462 e. The smallest absolute Gasteiger partial charge is 0.306 e. The second kappa shape index (κ2) is 54.2. The second-order valence-electron chi connectivity index (χ2n) is 18.1. The van der Waals surface area contributed by atoms with Crippen LogP contribution in [0.3, 0.4) is 0 Å². The lowest BCUT2D eigenvalue weighted by Gasteiger charge is -2.18. The molecule has 0 unspecified atom stereocenters. The Hall–Kier alpha value is -3.41. The van der Waals surface area contributed by atoms with Crippen molar-refractivity contribution in [3.05, 3.63) is 85.1 Å². The average Bonchev–Trinajstić information content (AvgIpc) is 3.31. The highest BCUT2D eigenvalue weighted by molar-refractivity contribution is 5.71. The minimum Gasteiger partial charge on any atom is -0.462 e. The maximum absolute atomic E-state index is 12.8. The third-order valence-corrected chi connectivity index (χ3v) is 11.6. The minimum absolute atomic E-state index is 0.102. The first-order valence-electron chi connectivity index (χ1n) is 27.6. The Labute approximate surface area is 407 Å². The molecule has 0 spiro atoms. The lowest BCUT2D eigenvalue weighted by Crippen LogP contribution is -2.30. The first-order valence-corrected chi connectivity index (χ1v) is 27.6. The van der Waals surface area contributed by atoms with Crippen molar-refractivity contribution in [3.8, 4) is 0 Å². The fraction of sp³-hybridized carbons (Fsp3) is 0.717. The summed E-state index contributed by atoms with van der Waals surface area (Å²) in [4.78, 5) is 38.0. The van der Waals surface area contributed by atoms with Crippen LogP contribution in [0.4, 0.5) is 0 Å². The SMILES string of the molecule is CC/C=C\C/C=C\C/C=C\C/C=C\C/C=C\C/C=C\CCC(=O)OC[C@@H](COC(=O)CCCCCCC/C=C\CCCCCCC)OC(=O)CCCCCCCCCCCCCCCCC. The van der Waals surface area contributed by atoms with Crippen LogP contribution in [0.15, 0.2) is 85.1 Å². The Morgan fingerprint density at radius 3 is 1.02 bits per heavy atom. The van der Waals surface area contributed by atoms with E-state index >= 15 is 0 Å². The van der Waals surface area contributed by atoms with Gasteiger partial charge in [-0.05, 0) is 83.5 Å². The zero-order valence-corrected chi connectivity index (χ0v) is 43.2. The third kappa shape index (κ3) is 51.6. The molecule has 0 saturated heterocycles. The molecule has 1 atom stereocenters. The highest BCUT2D eigenvalue weighted by atomic mass is 16.6. The number of hydrogen-bond acceptors (Lipinski definition) is 6. The summed E-state index contributed by atoms with van der Waals surface area (Å²) in [5.74, 6) is -0.992. The number of esters is 3. The van der Waals surface area contributed by atoms with E-state index in [1.807, 2.05) is 6.08 Å². The number of hydrogen-bond donors (Lipinski definition) is 0. The van der Waals surface area contributed by atoms with Crippen molar-refractivity contribution in [1.29, 1.82) is 0 Å². The normalized spacial score (nSPS) is 12.7. The van der Waals surface area contributed by atoms with Crippen LogP contribution in [0.2, 0.25) is 0 Å². The summed E-state index contributed by atoms with van der Waals surface area (Å²) in [5, 5.41) is 0. The van der Waals surface area contributed by atoms with E-state index < -0.39 is 6.10 Å². The molecule has 0 bridgehead atoms. The van der Waals surface area contributed by atoms with Crippen molar-refractivity contribution in [2.45, 2.75) is 264 Å². The minimum atomic E-state index is -0.808. The summed E-state index contributed by atoms with van der Waals surface area (Å²) in [5.41, 5.74) is 0. The zero-order chi connectivity index (χ0) is 47.9. The van der Waals surface area contributed by atoms with Crippen molar-refractivity contribution >= 4 is 17.9 Å². The molecule has 6 heteroatoms. The van der Waals surface area contributed by atoms with Crippen LogP contribution in [0, 0.1) is 0 Å². The maximum atomic E-state index is 12.8. The number of carbonyl (C=O) groups is 3. The van der Waals surface area contributed by atoms with Gasteiger partial charge in [0.05, 0.1) is 0 Å². The molecule has 0 saturated carbocycles. The topological polar surface area (TPSA) is 78.9 Å². The van der Waals surface area contributed by atoms with Gasteiger partial charge in [-0.1, -0.05) is 241 Å². The van der Waals surface area contributed by atoms with Gasteiger partial charge in [-0.2, -0.15) is 0 Å². The number of carbonyl (C=O) groups excluding carboxylic acids is 3. The number of unbranched alkanes of at least 4 members (excludes halogenated alkanes) is 24. The summed E-state index contributed by atoms with van der Waals surface area (Å²) in [7, 11) is 0. The molecule has 0 fully saturated rings. The van der Waals surface area contributed by atoms with Crippen molar-refractivity contribution in [2.75, 3.05) is 13.2 Å². The van der Waals surface area contributed by atoms with Gasteiger partial charge in [0.1, 0.15) is 13.2 Å². The Morgan fingerprint density at radius 1 is 0.318 bits per heavy atom. The molecule has 0 heterocycles. The maximum Gasteiger partial charge on any atom is 0.306 e. The summed E-state index contributed by atoms with van der Waals surface area (Å²) in [6.45, 7) is 6.45. The molecular weight excluding hydrogens is 817 g/mol. The van der Waals surface area contributed by atoms with Crippen molar-refractivity contribution in [1.82, 2.24) is 0 Å². The Bertz CT molecular complexity index is 1290. The number of rotatable bonds is 49. The molecule has 0 aliphatic heterocycles. The number of allylic oxidation sites excluding steroid dienone is 14. The average molecular weight is 919 g/mol. The van der Waals surface area contributed by atoms with Gasteiger partial charge in [0, 0.05) is 19.3 Å². The highest BCUT2D eigenvalue weighted by Crippen LogP contribution is 2.15. The standard InChI is InChI=1S/C60H102O6/c1-4-7-10-13-16-19-22-25-28-29-30-31-33-35-38-41-44-47-50-53-59(62)65-56-57(55-64-58(61)52-49-46-43-40-37-34-27-24-21-18-15-12-9-6-3)66-60(63)54-51-48-45-42-39-36-32-26-23-20-17-14-11-8-5-2/h7,10,16,19,24-25,27-28,30-31,35,38,44,47,57H,4-6,8-9,11-15,17-18,20-23,26,29,32-34,36-37,39-43,45-46,48-56H2,1-3H3/b10-7-,19-16-,27-24-,28-25-,31-30-,38-35-,47-44-/t57-/m1/s1. The first-order chi connectivity index (χ1) is 32.5. The Morgan fingerprint density at radius 2 is 0.621 bits per heavy atom. The van der Waals surface area contributed by atoms with Gasteiger partial charge in [0.2, 0.25) is 0 Å². The molecule has 0 aliphatic rings. The van der Waals surface area contributed by atoms with Gasteiger partial charge >= 0.3 is 17.9 Å². The molecular formula is C60H102O6. The Kier molecular flexibility index (Phi) is 51.4. The van der Waals surface area contributed by atoms with Gasteiger partial charge in [-0.25, -0.2) is 0 Å². The van der Waals surface area contributed by atoms with E-state index in [4.69, 9.17) is 14.2 Å². The summed E-state index contributed by atoms with van der Waals surface area (Å²) in [6.07, 6.45) is 70.1. The van der Waals surface area contributed by atoms with E-state index in [9.17, 15) is 14.4 Å². The summed E-state index contributed by atoms with van der Waals surface area (Å²) < 4.78 is 16.8. The fourth-order valence-electron chi connectivity index (χ4n) is 7.52. The molecule has 0 aromatic heterocycles. The zero-order valence-electron chi connectivity index (χ0n) is 43.2. The van der Waals surface area contributed by atoms with E-state index in [1.165, 1.54) is 128 Å². The van der Waals surface area contributed by atoms with E-state index in [0.717, 1.165) is 83.5 Å². The van der Waals surface area contributed by atoms with Gasteiger partial charge in [-0.15, -0.1) is 0 Å². The molecule has 0 rings (SSSR count). The van der Waals surface area contributed by atoms with Crippen LogP contribution in [0.1, 0.15) is 258 Å². The Balaban J connectivity index is 4.49. The van der Waals surface area contributed by atoms with E-state index in [2.05, 4.69) is 99.8 Å². The highest BCUT2D eigenvalue weighted by Gasteiger charge is 2.19. The molecule has 66 heavy (non-hydrogen) atoms.